The fraction of sp³-hybridized carbons (Fsp3) is 0.667. The van der Waals surface area contributed by atoms with Gasteiger partial charge in [0, 0.05) is 44.6 Å². The Bertz CT molecular complexity index is 656. The number of aromatic nitrogens is 1. The summed E-state index contributed by atoms with van der Waals surface area (Å²) in [6, 6.07) is 1.90. The van der Waals surface area contributed by atoms with Crippen LogP contribution in [0.25, 0.3) is 0 Å². The van der Waals surface area contributed by atoms with Crippen molar-refractivity contribution in [2.75, 3.05) is 31.9 Å². The molecule has 1 aliphatic rings. The van der Waals surface area contributed by atoms with Crippen LogP contribution < -0.4 is 0 Å². The van der Waals surface area contributed by atoms with E-state index in [1.807, 2.05) is 38.5 Å². The number of rotatable bonds is 4. The van der Waals surface area contributed by atoms with Crippen molar-refractivity contribution in [1.29, 1.82) is 0 Å². The maximum Gasteiger partial charge on any atom is 0.255 e. The number of amides is 1. The number of piperazine rings is 1. The predicted octanol–water partition coefficient (Wildman–Crippen LogP) is 1.14. The zero-order valence-electron chi connectivity index (χ0n) is 13.8. The van der Waals surface area contributed by atoms with Gasteiger partial charge in [-0.05, 0) is 26.3 Å². The summed E-state index contributed by atoms with van der Waals surface area (Å²) in [5.74, 6) is 0.173. The predicted molar refractivity (Wildman–Crippen MR) is 86.4 cm³/mol. The van der Waals surface area contributed by atoms with Gasteiger partial charge in [-0.1, -0.05) is 6.92 Å². The summed E-state index contributed by atoms with van der Waals surface area (Å²) < 4.78 is 27.6. The molecule has 1 aromatic rings. The van der Waals surface area contributed by atoms with E-state index in [9.17, 15) is 13.2 Å². The average Bonchev–Trinajstić information content (AvgIpc) is 2.74. The summed E-state index contributed by atoms with van der Waals surface area (Å²) in [6.07, 6.45) is 0.615. The molecule has 6 nitrogen and oxygen atoms in total. The number of hydrogen-bond donors (Lipinski definition) is 0. The summed E-state index contributed by atoms with van der Waals surface area (Å²) in [5, 5.41) is 0. The van der Waals surface area contributed by atoms with Crippen LogP contribution in [0.5, 0.6) is 0 Å². The van der Waals surface area contributed by atoms with Crippen LogP contribution in [-0.2, 0) is 17.1 Å². The molecule has 0 N–H and O–H groups in total. The van der Waals surface area contributed by atoms with Gasteiger partial charge in [0.15, 0.2) is 0 Å². The van der Waals surface area contributed by atoms with E-state index in [0.717, 1.165) is 11.4 Å². The van der Waals surface area contributed by atoms with Gasteiger partial charge in [-0.3, -0.25) is 4.79 Å². The zero-order valence-corrected chi connectivity index (χ0v) is 14.6. The van der Waals surface area contributed by atoms with E-state index in [2.05, 4.69) is 0 Å². The van der Waals surface area contributed by atoms with E-state index in [-0.39, 0.29) is 11.7 Å². The third-order valence-corrected chi connectivity index (χ3v) is 6.46. The minimum atomic E-state index is -3.17. The van der Waals surface area contributed by atoms with Gasteiger partial charge in [0.2, 0.25) is 10.0 Å². The van der Waals surface area contributed by atoms with Gasteiger partial charge >= 0.3 is 0 Å². The molecule has 0 spiro atoms. The van der Waals surface area contributed by atoms with Crippen molar-refractivity contribution >= 4 is 15.9 Å². The van der Waals surface area contributed by atoms with Gasteiger partial charge in [-0.15, -0.1) is 0 Å². The van der Waals surface area contributed by atoms with Gasteiger partial charge in [0.1, 0.15) is 0 Å². The number of hydrogen-bond acceptors (Lipinski definition) is 3. The quantitative estimate of drug-likeness (QED) is 0.833. The molecule has 7 heteroatoms. The van der Waals surface area contributed by atoms with Crippen LogP contribution in [0.15, 0.2) is 6.07 Å². The minimum absolute atomic E-state index is 0.00580. The van der Waals surface area contributed by atoms with Crippen LogP contribution in [-0.4, -0.2) is 60.0 Å². The van der Waals surface area contributed by atoms with Crippen LogP contribution in [0.4, 0.5) is 0 Å². The van der Waals surface area contributed by atoms with E-state index in [0.29, 0.717) is 38.2 Å². The van der Waals surface area contributed by atoms with E-state index < -0.39 is 10.0 Å². The molecule has 2 heterocycles. The second-order valence-corrected chi connectivity index (χ2v) is 7.94. The van der Waals surface area contributed by atoms with Gasteiger partial charge in [0.25, 0.3) is 5.91 Å². The smallest absolute Gasteiger partial charge is 0.255 e. The maximum atomic E-state index is 12.6. The Morgan fingerprint density at radius 3 is 2.23 bits per heavy atom. The van der Waals surface area contributed by atoms with Gasteiger partial charge in [-0.2, -0.15) is 4.31 Å². The van der Waals surface area contributed by atoms with Crippen molar-refractivity contribution in [3.8, 4) is 0 Å². The molecule has 1 amide bonds. The molecule has 2 rings (SSSR count). The lowest BCUT2D eigenvalue weighted by molar-refractivity contribution is 0.0697. The molecule has 1 saturated heterocycles. The molecule has 0 unspecified atom stereocenters. The first-order chi connectivity index (χ1) is 10.3. The Kier molecular flexibility index (Phi) is 4.97. The molecule has 0 bridgehead atoms. The fourth-order valence-corrected chi connectivity index (χ4v) is 4.29. The van der Waals surface area contributed by atoms with Crippen molar-refractivity contribution in [2.24, 2.45) is 7.05 Å². The Hall–Kier alpha value is -1.34. The molecule has 0 aliphatic carbocycles. The van der Waals surface area contributed by atoms with Gasteiger partial charge in [-0.25, -0.2) is 8.42 Å². The zero-order chi connectivity index (χ0) is 16.5. The van der Waals surface area contributed by atoms with Crippen LogP contribution in [0, 0.1) is 13.8 Å². The van der Waals surface area contributed by atoms with Crippen LogP contribution in [0.1, 0.15) is 35.1 Å². The van der Waals surface area contributed by atoms with E-state index in [1.54, 1.807) is 4.90 Å². The Labute approximate surface area is 132 Å². The molecule has 0 atom stereocenters. The SMILES string of the molecule is CCCS(=O)(=O)N1CCN(C(=O)c2cc(C)n(C)c2C)CC1. The topological polar surface area (TPSA) is 62.6 Å². The molecular formula is C15H25N3O3S. The number of carbonyl (C=O) groups excluding carboxylic acids is 1. The van der Waals surface area contributed by atoms with E-state index in [1.165, 1.54) is 4.31 Å². The van der Waals surface area contributed by atoms with Crippen molar-refractivity contribution < 1.29 is 13.2 Å². The molecule has 0 saturated carbocycles. The van der Waals surface area contributed by atoms with Crippen molar-refractivity contribution in [3.05, 3.63) is 23.0 Å². The van der Waals surface area contributed by atoms with Crippen molar-refractivity contribution in [2.45, 2.75) is 27.2 Å². The third-order valence-electron chi connectivity index (χ3n) is 4.39. The Balaban J connectivity index is 2.05. The minimum Gasteiger partial charge on any atom is -0.351 e. The van der Waals surface area contributed by atoms with E-state index in [4.69, 9.17) is 0 Å². The molecule has 1 aromatic heterocycles. The number of sulfonamides is 1. The highest BCUT2D eigenvalue weighted by Gasteiger charge is 2.29. The molecule has 124 valence electrons. The van der Waals surface area contributed by atoms with Crippen molar-refractivity contribution in [1.82, 2.24) is 13.8 Å². The van der Waals surface area contributed by atoms with Gasteiger partial charge < -0.3 is 9.47 Å². The summed E-state index contributed by atoms with van der Waals surface area (Å²) in [4.78, 5) is 14.4. The molecule has 1 aliphatic heterocycles. The highest BCUT2D eigenvalue weighted by molar-refractivity contribution is 7.89. The number of aryl methyl sites for hydroxylation is 1. The Morgan fingerprint density at radius 2 is 1.77 bits per heavy atom. The summed E-state index contributed by atoms with van der Waals surface area (Å²) in [7, 11) is -1.23. The summed E-state index contributed by atoms with van der Waals surface area (Å²) >= 11 is 0. The van der Waals surface area contributed by atoms with Crippen LogP contribution >= 0.6 is 0 Å². The molecule has 0 radical (unpaired) electrons. The Morgan fingerprint density at radius 1 is 1.18 bits per heavy atom. The monoisotopic (exact) mass is 327 g/mol. The molecule has 22 heavy (non-hydrogen) atoms. The third kappa shape index (κ3) is 3.20. The first-order valence-electron chi connectivity index (χ1n) is 7.68. The lowest BCUT2D eigenvalue weighted by Crippen LogP contribution is -2.51. The summed E-state index contributed by atoms with van der Waals surface area (Å²) in [5.41, 5.74) is 2.71. The van der Waals surface area contributed by atoms with Crippen LogP contribution in [0.3, 0.4) is 0 Å². The number of nitrogens with zero attached hydrogens (tertiary/aromatic N) is 3. The standard InChI is InChI=1S/C15H25N3O3S/c1-5-10-22(20,21)18-8-6-17(7-9-18)15(19)14-11-12(2)16(4)13(14)3/h11H,5-10H2,1-4H3. The molecule has 1 fully saturated rings. The first-order valence-corrected chi connectivity index (χ1v) is 9.29. The average molecular weight is 327 g/mol. The largest absolute Gasteiger partial charge is 0.351 e. The van der Waals surface area contributed by atoms with E-state index >= 15 is 0 Å². The fourth-order valence-electron chi connectivity index (χ4n) is 2.80. The highest BCUT2D eigenvalue weighted by Crippen LogP contribution is 2.17. The maximum absolute atomic E-state index is 12.6. The highest BCUT2D eigenvalue weighted by atomic mass is 32.2. The lowest BCUT2D eigenvalue weighted by atomic mass is 10.2. The second kappa shape index (κ2) is 6.42. The van der Waals surface area contributed by atoms with Crippen LogP contribution in [0.2, 0.25) is 0 Å². The first kappa shape index (κ1) is 17.0. The summed E-state index contributed by atoms with van der Waals surface area (Å²) in [6.45, 7) is 7.45. The van der Waals surface area contributed by atoms with Gasteiger partial charge in [0.05, 0.1) is 11.3 Å². The molecular weight excluding hydrogens is 302 g/mol. The normalized spacial score (nSPS) is 17.0. The second-order valence-electron chi connectivity index (χ2n) is 5.85. The van der Waals surface area contributed by atoms with Crippen molar-refractivity contribution in [3.63, 3.8) is 0 Å². The molecule has 0 aromatic carbocycles. The number of carbonyl (C=O) groups is 1. The lowest BCUT2D eigenvalue weighted by Gasteiger charge is -2.34.